The molecule has 3 heteroatoms. The van der Waals surface area contributed by atoms with Gasteiger partial charge in [-0.1, -0.05) is 30.3 Å². The molecule has 0 atom stereocenters. The molecular weight excluding hydrogens is 246 g/mol. The molecule has 1 saturated heterocycles. The fraction of sp³-hybridized carbons (Fsp3) is 0.647. The molecule has 20 heavy (non-hydrogen) atoms. The Bertz CT molecular complexity index is 400. The molecule has 1 aliphatic carbocycles. The molecule has 3 rings (SSSR count). The molecule has 0 amide bonds. The van der Waals surface area contributed by atoms with Crippen LogP contribution in [0.3, 0.4) is 0 Å². The summed E-state index contributed by atoms with van der Waals surface area (Å²) in [4.78, 5) is 5.23. The Hall–Kier alpha value is -0.900. The third-order valence-corrected chi connectivity index (χ3v) is 5.08. The summed E-state index contributed by atoms with van der Waals surface area (Å²) < 4.78 is 0. The van der Waals surface area contributed by atoms with Crippen molar-refractivity contribution in [2.24, 2.45) is 0 Å². The molecule has 0 bridgehead atoms. The molecule has 1 aliphatic heterocycles. The van der Waals surface area contributed by atoms with Crippen LogP contribution in [0.4, 0.5) is 0 Å². The van der Waals surface area contributed by atoms with Gasteiger partial charge in [-0.3, -0.25) is 9.80 Å². The Kier molecular flexibility index (Phi) is 4.39. The largest absolute Gasteiger partial charge is 0.313 e. The van der Waals surface area contributed by atoms with Crippen molar-refractivity contribution in [3.8, 4) is 0 Å². The first kappa shape index (κ1) is 14.1. The van der Waals surface area contributed by atoms with Crippen LogP contribution in [0.5, 0.6) is 0 Å². The maximum absolute atomic E-state index is 3.56. The summed E-state index contributed by atoms with van der Waals surface area (Å²) in [5.74, 6) is 0. The molecule has 2 fully saturated rings. The van der Waals surface area contributed by atoms with Gasteiger partial charge in [-0.15, -0.1) is 0 Å². The van der Waals surface area contributed by atoms with Crippen molar-refractivity contribution in [1.82, 2.24) is 15.1 Å². The third-order valence-electron chi connectivity index (χ3n) is 5.08. The van der Waals surface area contributed by atoms with E-state index in [0.29, 0.717) is 5.54 Å². The zero-order valence-electron chi connectivity index (χ0n) is 12.6. The summed E-state index contributed by atoms with van der Waals surface area (Å²) in [6.45, 7) is 7.18. The van der Waals surface area contributed by atoms with E-state index >= 15 is 0 Å². The summed E-state index contributed by atoms with van der Waals surface area (Å²) in [7, 11) is 2.13. The third kappa shape index (κ3) is 3.22. The topological polar surface area (TPSA) is 18.5 Å². The molecule has 1 aromatic rings. The predicted molar refractivity (Wildman–Crippen MR) is 83.8 cm³/mol. The van der Waals surface area contributed by atoms with E-state index in [-0.39, 0.29) is 0 Å². The van der Waals surface area contributed by atoms with Crippen LogP contribution in [0.1, 0.15) is 24.8 Å². The Morgan fingerprint density at radius 3 is 2.20 bits per heavy atom. The SMILES string of the molecule is CNC1(CN2CCN(Cc3ccccc3)CC2)CCC1. The highest BCUT2D eigenvalue weighted by atomic mass is 15.3. The molecule has 1 saturated carbocycles. The van der Waals surface area contributed by atoms with E-state index in [2.05, 4.69) is 52.5 Å². The molecule has 2 aliphatic rings. The molecule has 0 unspecified atom stereocenters. The van der Waals surface area contributed by atoms with Crippen LogP contribution >= 0.6 is 0 Å². The second kappa shape index (κ2) is 6.25. The summed E-state index contributed by atoms with van der Waals surface area (Å²) in [5, 5.41) is 3.56. The quantitative estimate of drug-likeness (QED) is 0.884. The second-order valence-electron chi connectivity index (χ2n) is 6.42. The zero-order valence-corrected chi connectivity index (χ0v) is 12.6. The number of nitrogens with one attached hydrogen (secondary N) is 1. The summed E-state index contributed by atoms with van der Waals surface area (Å²) >= 11 is 0. The Balaban J connectivity index is 1.45. The number of likely N-dealkylation sites (N-methyl/N-ethyl adjacent to an activating group) is 1. The van der Waals surface area contributed by atoms with Crippen LogP contribution in [0.15, 0.2) is 30.3 Å². The number of piperazine rings is 1. The van der Waals surface area contributed by atoms with Gasteiger partial charge in [0.2, 0.25) is 0 Å². The van der Waals surface area contributed by atoms with Crippen molar-refractivity contribution >= 4 is 0 Å². The maximum Gasteiger partial charge on any atom is 0.0306 e. The van der Waals surface area contributed by atoms with E-state index in [1.54, 1.807) is 0 Å². The van der Waals surface area contributed by atoms with Crippen LogP contribution in [0.2, 0.25) is 0 Å². The zero-order chi connectivity index (χ0) is 13.8. The van der Waals surface area contributed by atoms with Gasteiger partial charge in [0.15, 0.2) is 0 Å². The van der Waals surface area contributed by atoms with E-state index < -0.39 is 0 Å². The number of rotatable bonds is 5. The Labute approximate surface area is 123 Å². The Morgan fingerprint density at radius 2 is 1.65 bits per heavy atom. The molecule has 1 N–H and O–H groups in total. The first-order valence-electron chi connectivity index (χ1n) is 7.97. The van der Waals surface area contributed by atoms with Crippen molar-refractivity contribution in [2.45, 2.75) is 31.3 Å². The van der Waals surface area contributed by atoms with Gasteiger partial charge in [-0.25, -0.2) is 0 Å². The fourth-order valence-corrected chi connectivity index (χ4v) is 3.47. The molecule has 3 nitrogen and oxygen atoms in total. The average molecular weight is 273 g/mol. The molecule has 0 aromatic heterocycles. The minimum atomic E-state index is 0.432. The monoisotopic (exact) mass is 273 g/mol. The fourth-order valence-electron chi connectivity index (χ4n) is 3.47. The lowest BCUT2D eigenvalue weighted by Gasteiger charge is -2.47. The van der Waals surface area contributed by atoms with E-state index in [9.17, 15) is 0 Å². The molecule has 1 aromatic carbocycles. The smallest absolute Gasteiger partial charge is 0.0306 e. The molecule has 110 valence electrons. The lowest BCUT2D eigenvalue weighted by molar-refractivity contribution is 0.0689. The van der Waals surface area contributed by atoms with Gasteiger partial charge in [-0.2, -0.15) is 0 Å². The molecule has 0 spiro atoms. The van der Waals surface area contributed by atoms with E-state index in [1.165, 1.54) is 57.5 Å². The van der Waals surface area contributed by atoms with E-state index in [0.717, 1.165) is 6.54 Å². The normalized spacial score (nSPS) is 23.4. The Morgan fingerprint density at radius 1 is 1.00 bits per heavy atom. The van der Waals surface area contributed by atoms with Gasteiger partial charge in [0.1, 0.15) is 0 Å². The summed E-state index contributed by atoms with van der Waals surface area (Å²) in [6, 6.07) is 10.8. The number of nitrogens with zero attached hydrogens (tertiary/aromatic N) is 2. The van der Waals surface area contributed by atoms with Crippen LogP contribution in [0, 0.1) is 0 Å². The van der Waals surface area contributed by atoms with Crippen molar-refractivity contribution in [1.29, 1.82) is 0 Å². The highest BCUT2D eigenvalue weighted by Crippen LogP contribution is 2.32. The van der Waals surface area contributed by atoms with Crippen LogP contribution < -0.4 is 5.32 Å². The minimum absolute atomic E-state index is 0.432. The van der Waals surface area contributed by atoms with Crippen molar-refractivity contribution in [3.63, 3.8) is 0 Å². The lowest BCUT2D eigenvalue weighted by atomic mass is 9.76. The summed E-state index contributed by atoms with van der Waals surface area (Å²) in [6.07, 6.45) is 4.11. The van der Waals surface area contributed by atoms with Gasteiger partial charge >= 0.3 is 0 Å². The van der Waals surface area contributed by atoms with Crippen LogP contribution in [-0.2, 0) is 6.54 Å². The van der Waals surface area contributed by atoms with Crippen molar-refractivity contribution in [3.05, 3.63) is 35.9 Å². The van der Waals surface area contributed by atoms with Crippen molar-refractivity contribution < 1.29 is 0 Å². The van der Waals surface area contributed by atoms with Gasteiger partial charge < -0.3 is 5.32 Å². The second-order valence-corrected chi connectivity index (χ2v) is 6.42. The predicted octanol–water partition coefficient (Wildman–Crippen LogP) is 1.95. The molecule has 0 radical (unpaired) electrons. The number of benzene rings is 1. The standard InChI is InChI=1S/C17H27N3/c1-18-17(8-5-9-17)15-20-12-10-19(11-13-20)14-16-6-3-2-4-7-16/h2-4,6-7,18H,5,8-15H2,1H3. The first-order chi connectivity index (χ1) is 9.80. The highest BCUT2D eigenvalue weighted by Gasteiger charge is 2.37. The average Bonchev–Trinajstić information content (AvgIpc) is 2.46. The molecular formula is C17H27N3. The van der Waals surface area contributed by atoms with Crippen LogP contribution in [0.25, 0.3) is 0 Å². The van der Waals surface area contributed by atoms with E-state index in [4.69, 9.17) is 0 Å². The maximum atomic E-state index is 3.56. The number of hydrogen-bond acceptors (Lipinski definition) is 3. The van der Waals surface area contributed by atoms with Gasteiger partial charge in [-0.05, 0) is 31.9 Å². The van der Waals surface area contributed by atoms with Gasteiger partial charge in [0.05, 0.1) is 0 Å². The van der Waals surface area contributed by atoms with Gasteiger partial charge in [0.25, 0.3) is 0 Å². The minimum Gasteiger partial charge on any atom is -0.313 e. The van der Waals surface area contributed by atoms with Gasteiger partial charge in [0, 0.05) is 44.8 Å². The van der Waals surface area contributed by atoms with Crippen molar-refractivity contribution in [2.75, 3.05) is 39.8 Å². The lowest BCUT2D eigenvalue weighted by Crippen LogP contribution is -2.59. The molecule has 1 heterocycles. The number of hydrogen-bond donors (Lipinski definition) is 1. The van der Waals surface area contributed by atoms with Crippen LogP contribution in [-0.4, -0.2) is 55.1 Å². The first-order valence-corrected chi connectivity index (χ1v) is 7.97. The highest BCUT2D eigenvalue weighted by molar-refractivity contribution is 5.14. The van der Waals surface area contributed by atoms with E-state index in [1.807, 2.05) is 0 Å². The summed E-state index contributed by atoms with van der Waals surface area (Å²) in [5.41, 5.74) is 1.87.